The third-order valence-electron chi connectivity index (χ3n) is 5.41. The van der Waals surface area contributed by atoms with Crippen molar-refractivity contribution in [3.8, 4) is 34.4 Å². The van der Waals surface area contributed by atoms with Crippen LogP contribution in [-0.2, 0) is 17.1 Å². The quantitative estimate of drug-likeness (QED) is 0.330. The Kier molecular flexibility index (Phi) is 5.99. The predicted molar refractivity (Wildman–Crippen MR) is 132 cm³/mol. The molecule has 1 aromatic carbocycles. The van der Waals surface area contributed by atoms with E-state index in [1.54, 1.807) is 14.0 Å². The van der Waals surface area contributed by atoms with Gasteiger partial charge < -0.3 is 18.1 Å². The third kappa shape index (κ3) is 4.80. The van der Waals surface area contributed by atoms with Gasteiger partial charge in [0, 0.05) is 31.8 Å². The maximum Gasteiger partial charge on any atom is 0.283 e. The second kappa shape index (κ2) is 9.17. The second-order valence-electron chi connectivity index (χ2n) is 8.08. The molecule has 1 N–H and O–H groups in total. The molecule has 0 unspecified atom stereocenters. The summed E-state index contributed by atoms with van der Waals surface area (Å²) in [6.45, 7) is 3.13. The Morgan fingerprint density at radius 3 is 2.54 bits per heavy atom. The van der Waals surface area contributed by atoms with Crippen LogP contribution in [0.4, 0.5) is 10.1 Å². The molecule has 0 bridgehead atoms. The molecule has 0 atom stereocenters. The van der Waals surface area contributed by atoms with Crippen molar-refractivity contribution in [1.29, 1.82) is 0 Å². The van der Waals surface area contributed by atoms with Crippen LogP contribution in [0.2, 0.25) is 0 Å². The first kappa shape index (κ1) is 24.2. The summed E-state index contributed by atoms with van der Waals surface area (Å²) in [4.78, 5) is 17.2. The number of benzene rings is 1. The summed E-state index contributed by atoms with van der Waals surface area (Å²) in [5.41, 5.74) is 0.687. The zero-order chi connectivity index (χ0) is 26.3. The van der Waals surface area contributed by atoms with Crippen LogP contribution in [-0.4, -0.2) is 33.9 Å². The SMILES string of the molecule is CCS(=O)(=O)Nc1cnc(Oc2ccc(F)cc2)c(-c2cn(C)c(=O)c3cc(-c4nnc(C)o4)oc23)c1. The highest BCUT2D eigenvalue weighted by atomic mass is 32.2. The Hall–Kier alpha value is -4.52. The summed E-state index contributed by atoms with van der Waals surface area (Å²) in [5, 5.41) is 7.96. The molecule has 13 heteroatoms. The lowest BCUT2D eigenvalue weighted by Crippen LogP contribution is -2.16. The molecule has 0 aliphatic heterocycles. The van der Waals surface area contributed by atoms with Crippen molar-refractivity contribution >= 4 is 26.7 Å². The molecule has 0 radical (unpaired) electrons. The maximum absolute atomic E-state index is 13.4. The fraction of sp³-hybridized carbons (Fsp3) is 0.167. The highest BCUT2D eigenvalue weighted by molar-refractivity contribution is 7.92. The molecule has 11 nitrogen and oxygen atoms in total. The van der Waals surface area contributed by atoms with E-state index in [4.69, 9.17) is 13.6 Å². The van der Waals surface area contributed by atoms with Crippen LogP contribution < -0.4 is 15.0 Å². The first-order chi connectivity index (χ1) is 17.6. The minimum absolute atomic E-state index is 0.0672. The average Bonchev–Trinajstić information content (AvgIpc) is 3.50. The topological polar surface area (TPSA) is 142 Å². The van der Waals surface area contributed by atoms with Gasteiger partial charge in [-0.05, 0) is 37.3 Å². The average molecular weight is 526 g/mol. The number of sulfonamides is 1. The standard InChI is InChI=1S/C24H20FN5O6S/c1-4-37(32,33)29-15-9-17(22(26-11-15)35-16-7-5-14(25)6-8-16)19-12-30(3)24(31)18-10-20(36-21(18)19)23-28-27-13(2)34-23/h5-12,29H,4H2,1-3H3. The van der Waals surface area contributed by atoms with E-state index in [1.165, 1.54) is 60.3 Å². The van der Waals surface area contributed by atoms with Crippen molar-refractivity contribution in [3.63, 3.8) is 0 Å². The van der Waals surface area contributed by atoms with Crippen molar-refractivity contribution in [2.75, 3.05) is 10.5 Å². The zero-order valence-electron chi connectivity index (χ0n) is 19.9. The van der Waals surface area contributed by atoms with E-state index in [-0.39, 0.29) is 45.5 Å². The summed E-state index contributed by atoms with van der Waals surface area (Å²) in [6, 6.07) is 8.31. The maximum atomic E-state index is 13.4. The number of nitrogens with one attached hydrogen (secondary N) is 1. The Labute approximate surface area is 209 Å². The fourth-order valence-electron chi connectivity index (χ4n) is 3.59. The zero-order valence-corrected chi connectivity index (χ0v) is 20.7. The number of rotatable bonds is 7. The normalized spacial score (nSPS) is 11.7. The lowest BCUT2D eigenvalue weighted by molar-refractivity contribution is 0.463. The van der Waals surface area contributed by atoms with Gasteiger partial charge in [-0.2, -0.15) is 0 Å². The summed E-state index contributed by atoms with van der Waals surface area (Å²) >= 11 is 0. The minimum atomic E-state index is -3.61. The summed E-state index contributed by atoms with van der Waals surface area (Å²) in [7, 11) is -2.05. The van der Waals surface area contributed by atoms with Crippen LogP contribution in [0, 0.1) is 12.7 Å². The molecular weight excluding hydrogens is 505 g/mol. The van der Waals surface area contributed by atoms with Crippen LogP contribution in [0.25, 0.3) is 33.7 Å². The van der Waals surface area contributed by atoms with E-state index in [0.29, 0.717) is 22.8 Å². The van der Waals surface area contributed by atoms with E-state index >= 15 is 0 Å². The highest BCUT2D eigenvalue weighted by Crippen LogP contribution is 2.39. The van der Waals surface area contributed by atoms with Crippen molar-refractivity contribution in [2.45, 2.75) is 13.8 Å². The first-order valence-corrected chi connectivity index (χ1v) is 12.7. The molecule has 37 heavy (non-hydrogen) atoms. The third-order valence-corrected chi connectivity index (χ3v) is 6.72. The lowest BCUT2D eigenvalue weighted by atomic mass is 10.1. The van der Waals surface area contributed by atoms with Crippen LogP contribution in [0.5, 0.6) is 11.6 Å². The molecule has 0 fully saturated rings. The Morgan fingerprint density at radius 2 is 1.86 bits per heavy atom. The molecule has 4 heterocycles. The molecule has 5 aromatic rings. The number of fused-ring (bicyclic) bond motifs is 1. The molecule has 4 aromatic heterocycles. The molecule has 0 aliphatic carbocycles. The largest absolute Gasteiger partial charge is 0.450 e. The molecule has 0 amide bonds. The number of aromatic nitrogens is 4. The molecule has 0 saturated carbocycles. The highest BCUT2D eigenvalue weighted by Gasteiger charge is 2.22. The number of hydrogen-bond acceptors (Lipinski definition) is 9. The van der Waals surface area contributed by atoms with Gasteiger partial charge in [-0.3, -0.25) is 9.52 Å². The first-order valence-electron chi connectivity index (χ1n) is 11.0. The van der Waals surface area contributed by atoms with Gasteiger partial charge in [0.25, 0.3) is 11.4 Å². The second-order valence-corrected chi connectivity index (χ2v) is 10.1. The predicted octanol–water partition coefficient (Wildman–Crippen LogP) is 4.24. The minimum Gasteiger partial charge on any atom is -0.450 e. The number of halogens is 1. The van der Waals surface area contributed by atoms with Crippen LogP contribution in [0.15, 0.2) is 62.4 Å². The van der Waals surface area contributed by atoms with Crippen molar-refractivity contribution in [1.82, 2.24) is 19.7 Å². The summed E-state index contributed by atoms with van der Waals surface area (Å²) in [5.74, 6) is 0.356. The lowest BCUT2D eigenvalue weighted by Gasteiger charge is -2.14. The van der Waals surface area contributed by atoms with Gasteiger partial charge in [-0.15, -0.1) is 10.2 Å². The fourth-order valence-corrected chi connectivity index (χ4v) is 4.21. The van der Waals surface area contributed by atoms with Crippen LogP contribution in [0.3, 0.4) is 0 Å². The van der Waals surface area contributed by atoms with Crippen molar-refractivity contribution in [3.05, 3.63) is 70.9 Å². The van der Waals surface area contributed by atoms with Gasteiger partial charge in [0.15, 0.2) is 5.76 Å². The van der Waals surface area contributed by atoms with E-state index in [1.807, 2.05) is 0 Å². The van der Waals surface area contributed by atoms with Crippen LogP contribution >= 0.6 is 0 Å². The number of ether oxygens (including phenoxy) is 1. The molecule has 5 rings (SSSR count). The van der Waals surface area contributed by atoms with E-state index in [2.05, 4.69) is 19.9 Å². The van der Waals surface area contributed by atoms with Crippen LogP contribution in [0.1, 0.15) is 12.8 Å². The molecule has 190 valence electrons. The number of nitrogens with zero attached hydrogens (tertiary/aromatic N) is 4. The van der Waals surface area contributed by atoms with Gasteiger partial charge in [0.1, 0.15) is 17.1 Å². The Balaban J connectivity index is 1.73. The van der Waals surface area contributed by atoms with Gasteiger partial charge in [0.2, 0.25) is 21.8 Å². The van der Waals surface area contributed by atoms with Gasteiger partial charge in [0.05, 0.1) is 28.6 Å². The molecule has 0 spiro atoms. The summed E-state index contributed by atoms with van der Waals surface area (Å²) < 4.78 is 59.0. The van der Waals surface area contributed by atoms with Crippen molar-refractivity contribution < 1.29 is 26.4 Å². The Morgan fingerprint density at radius 1 is 1.11 bits per heavy atom. The van der Waals surface area contributed by atoms with Crippen molar-refractivity contribution in [2.24, 2.45) is 7.05 Å². The molecule has 0 aliphatic rings. The van der Waals surface area contributed by atoms with Gasteiger partial charge in [-0.1, -0.05) is 0 Å². The molecular formula is C24H20FN5O6S. The monoisotopic (exact) mass is 525 g/mol. The summed E-state index contributed by atoms with van der Waals surface area (Å²) in [6.07, 6.45) is 2.81. The molecule has 0 saturated heterocycles. The number of aryl methyl sites for hydroxylation is 2. The number of hydrogen-bond donors (Lipinski definition) is 1. The van der Waals surface area contributed by atoms with Gasteiger partial charge >= 0.3 is 0 Å². The number of furan rings is 1. The van der Waals surface area contributed by atoms with Gasteiger partial charge in [-0.25, -0.2) is 17.8 Å². The smallest absolute Gasteiger partial charge is 0.283 e. The number of anilines is 1. The Bertz CT molecular complexity index is 1790. The van der Waals surface area contributed by atoms with E-state index < -0.39 is 15.8 Å². The van der Waals surface area contributed by atoms with E-state index in [0.717, 1.165) is 0 Å². The number of pyridine rings is 2. The van der Waals surface area contributed by atoms with E-state index in [9.17, 15) is 17.6 Å².